The summed E-state index contributed by atoms with van der Waals surface area (Å²) in [6.07, 6.45) is 5.36. The molecule has 0 unspecified atom stereocenters. The summed E-state index contributed by atoms with van der Waals surface area (Å²) in [5.41, 5.74) is 2.63. The summed E-state index contributed by atoms with van der Waals surface area (Å²) in [4.78, 5) is 16.8. The Morgan fingerprint density at radius 2 is 1.89 bits per heavy atom. The average molecular weight is 419 g/mol. The summed E-state index contributed by atoms with van der Waals surface area (Å²) in [6, 6.07) is 5.76. The molecule has 2 aliphatic rings. The number of aryl methyl sites for hydroxylation is 2. The first-order chi connectivity index (χ1) is 13.2. The molecular weight excluding hydrogens is 399 g/mol. The fraction of sp³-hybridized carbons (Fsp3) is 0.400. The van der Waals surface area contributed by atoms with Gasteiger partial charge >= 0.3 is 0 Å². The summed E-state index contributed by atoms with van der Waals surface area (Å²) in [5.74, 6) is 1.13. The van der Waals surface area contributed by atoms with Gasteiger partial charge in [-0.2, -0.15) is 0 Å². The number of hydrogen-bond donors (Lipinski definition) is 0. The molecule has 0 atom stereocenters. The van der Waals surface area contributed by atoms with Gasteiger partial charge in [-0.1, -0.05) is 29.3 Å². The molecular formula is C20H20Cl2N4S. The Balaban J connectivity index is 1.33. The van der Waals surface area contributed by atoms with Gasteiger partial charge in [-0.05, 0) is 42.5 Å². The highest BCUT2D eigenvalue weighted by molar-refractivity contribution is 7.19. The van der Waals surface area contributed by atoms with Gasteiger partial charge in [0.15, 0.2) is 0 Å². The van der Waals surface area contributed by atoms with E-state index in [1.165, 1.54) is 35.1 Å². The van der Waals surface area contributed by atoms with Gasteiger partial charge in [-0.3, -0.25) is 4.90 Å². The quantitative estimate of drug-likeness (QED) is 0.610. The second kappa shape index (κ2) is 7.21. The van der Waals surface area contributed by atoms with Crippen molar-refractivity contribution in [2.75, 3.05) is 31.1 Å². The summed E-state index contributed by atoms with van der Waals surface area (Å²) in [6.45, 7) is 4.80. The van der Waals surface area contributed by atoms with E-state index in [2.05, 4.69) is 19.8 Å². The van der Waals surface area contributed by atoms with E-state index < -0.39 is 0 Å². The number of nitrogens with zero attached hydrogens (tertiary/aromatic N) is 4. The molecule has 0 N–H and O–H groups in total. The van der Waals surface area contributed by atoms with E-state index >= 15 is 0 Å². The van der Waals surface area contributed by atoms with Crippen LogP contribution in [0.4, 0.5) is 5.82 Å². The number of fused-ring (bicyclic) bond motifs is 3. The Bertz CT molecular complexity index is 995. The van der Waals surface area contributed by atoms with Crippen LogP contribution in [0.5, 0.6) is 0 Å². The molecule has 0 bridgehead atoms. The van der Waals surface area contributed by atoms with Crippen LogP contribution in [0, 0.1) is 0 Å². The van der Waals surface area contributed by atoms with Crippen LogP contribution in [0.25, 0.3) is 10.2 Å². The third-order valence-corrected chi connectivity index (χ3v) is 7.35. The van der Waals surface area contributed by atoms with Crippen molar-refractivity contribution in [3.63, 3.8) is 0 Å². The fourth-order valence-electron chi connectivity index (χ4n) is 4.16. The highest BCUT2D eigenvalue weighted by atomic mass is 35.5. The maximum Gasteiger partial charge on any atom is 0.141 e. The molecule has 5 rings (SSSR count). The molecule has 27 heavy (non-hydrogen) atoms. The van der Waals surface area contributed by atoms with Gasteiger partial charge in [-0.25, -0.2) is 9.97 Å². The van der Waals surface area contributed by atoms with Crippen molar-refractivity contribution in [2.45, 2.75) is 25.8 Å². The van der Waals surface area contributed by atoms with Gasteiger partial charge in [0.25, 0.3) is 0 Å². The Morgan fingerprint density at radius 1 is 1.04 bits per heavy atom. The second-order valence-corrected chi connectivity index (χ2v) is 9.16. The number of hydrogen-bond acceptors (Lipinski definition) is 5. The summed E-state index contributed by atoms with van der Waals surface area (Å²) < 4.78 is 0. The van der Waals surface area contributed by atoms with E-state index in [9.17, 15) is 0 Å². The topological polar surface area (TPSA) is 32.3 Å². The number of anilines is 1. The molecule has 0 amide bonds. The minimum Gasteiger partial charge on any atom is -0.353 e. The van der Waals surface area contributed by atoms with Gasteiger partial charge in [0.1, 0.15) is 17.0 Å². The molecule has 1 aromatic carbocycles. The van der Waals surface area contributed by atoms with Gasteiger partial charge in [0.05, 0.1) is 5.39 Å². The molecule has 7 heteroatoms. The SMILES string of the molecule is Clc1ccc(CN2CCN(c3ncnc4sc5c(c34)CCC5)CC2)c(Cl)c1. The van der Waals surface area contributed by atoms with E-state index in [-0.39, 0.29) is 0 Å². The zero-order valence-corrected chi connectivity index (χ0v) is 17.2. The van der Waals surface area contributed by atoms with Gasteiger partial charge in [0, 0.05) is 47.6 Å². The maximum absolute atomic E-state index is 6.34. The van der Waals surface area contributed by atoms with E-state index in [0.717, 1.165) is 54.0 Å². The first-order valence-electron chi connectivity index (χ1n) is 9.35. The number of aromatic nitrogens is 2. The van der Waals surface area contributed by atoms with Gasteiger partial charge in [0.2, 0.25) is 0 Å². The van der Waals surface area contributed by atoms with Crippen LogP contribution in [0.1, 0.15) is 22.4 Å². The molecule has 1 aliphatic carbocycles. The van der Waals surface area contributed by atoms with Crippen molar-refractivity contribution in [3.05, 3.63) is 50.6 Å². The maximum atomic E-state index is 6.34. The molecule has 3 aromatic rings. The Kier molecular flexibility index (Phi) is 4.72. The highest BCUT2D eigenvalue weighted by Crippen LogP contribution is 2.40. The molecule has 0 saturated carbocycles. The number of thiophene rings is 1. The van der Waals surface area contributed by atoms with Crippen LogP contribution in [-0.4, -0.2) is 41.0 Å². The highest BCUT2D eigenvalue weighted by Gasteiger charge is 2.25. The lowest BCUT2D eigenvalue weighted by atomic mass is 10.1. The van der Waals surface area contributed by atoms with E-state index in [1.807, 2.05) is 29.5 Å². The predicted octanol–water partition coefficient (Wildman–Crippen LogP) is 4.81. The standard InChI is InChI=1S/C20H20Cl2N4S/c21-14-5-4-13(16(22)10-14)11-25-6-8-26(9-7-25)19-18-15-2-1-3-17(15)27-20(18)24-12-23-19/h4-5,10,12H,1-3,6-9,11H2. The van der Waals surface area contributed by atoms with Gasteiger partial charge in [-0.15, -0.1) is 11.3 Å². The minimum absolute atomic E-state index is 0.685. The largest absolute Gasteiger partial charge is 0.353 e. The molecule has 4 nitrogen and oxygen atoms in total. The van der Waals surface area contributed by atoms with Crippen molar-refractivity contribution in [2.24, 2.45) is 0 Å². The van der Waals surface area contributed by atoms with Crippen LogP contribution in [0.2, 0.25) is 10.0 Å². The monoisotopic (exact) mass is 418 g/mol. The lowest BCUT2D eigenvalue weighted by molar-refractivity contribution is 0.249. The summed E-state index contributed by atoms with van der Waals surface area (Å²) >= 11 is 14.2. The van der Waals surface area contributed by atoms with Crippen LogP contribution in [0.15, 0.2) is 24.5 Å². The number of piperazine rings is 1. The molecule has 0 spiro atoms. The lowest BCUT2D eigenvalue weighted by Crippen LogP contribution is -2.46. The van der Waals surface area contributed by atoms with Crippen molar-refractivity contribution in [3.8, 4) is 0 Å². The number of halogens is 2. The molecule has 140 valence electrons. The summed E-state index contributed by atoms with van der Waals surface area (Å²) in [7, 11) is 0. The Hall–Kier alpha value is -1.40. The molecule has 0 radical (unpaired) electrons. The second-order valence-electron chi connectivity index (χ2n) is 7.23. The molecule has 3 heterocycles. The number of benzene rings is 1. The number of rotatable bonds is 3. The molecule has 1 saturated heterocycles. The third kappa shape index (κ3) is 3.31. The first-order valence-corrected chi connectivity index (χ1v) is 10.9. The zero-order valence-electron chi connectivity index (χ0n) is 14.9. The van der Waals surface area contributed by atoms with E-state index in [1.54, 1.807) is 6.33 Å². The lowest BCUT2D eigenvalue weighted by Gasteiger charge is -2.35. The normalized spacial score (nSPS) is 17.6. The third-order valence-electron chi connectivity index (χ3n) is 5.56. The molecule has 2 aromatic heterocycles. The minimum atomic E-state index is 0.685. The van der Waals surface area contributed by atoms with Gasteiger partial charge < -0.3 is 4.90 Å². The predicted molar refractivity (Wildman–Crippen MR) is 113 cm³/mol. The average Bonchev–Trinajstić information content (AvgIpc) is 3.25. The Labute approximate surface area is 172 Å². The van der Waals surface area contributed by atoms with Crippen LogP contribution >= 0.6 is 34.5 Å². The zero-order chi connectivity index (χ0) is 18.4. The van der Waals surface area contributed by atoms with Crippen LogP contribution in [0.3, 0.4) is 0 Å². The van der Waals surface area contributed by atoms with E-state index in [0.29, 0.717) is 5.02 Å². The van der Waals surface area contributed by atoms with Crippen molar-refractivity contribution >= 4 is 50.6 Å². The molecule has 1 aliphatic heterocycles. The molecule has 1 fully saturated rings. The van der Waals surface area contributed by atoms with Crippen molar-refractivity contribution in [1.29, 1.82) is 0 Å². The summed E-state index contributed by atoms with van der Waals surface area (Å²) in [5, 5.41) is 2.74. The fourth-order valence-corrected chi connectivity index (χ4v) is 5.85. The van der Waals surface area contributed by atoms with Crippen LogP contribution < -0.4 is 4.90 Å². The smallest absolute Gasteiger partial charge is 0.141 e. The van der Waals surface area contributed by atoms with E-state index in [4.69, 9.17) is 23.2 Å². The van der Waals surface area contributed by atoms with Crippen LogP contribution in [-0.2, 0) is 19.4 Å². The van der Waals surface area contributed by atoms with Crippen molar-refractivity contribution in [1.82, 2.24) is 14.9 Å². The first kappa shape index (κ1) is 17.7. The Morgan fingerprint density at radius 3 is 2.70 bits per heavy atom. The van der Waals surface area contributed by atoms with Crippen molar-refractivity contribution < 1.29 is 0 Å².